The molecule has 0 unspecified atom stereocenters. The smallest absolute Gasteiger partial charge is 0.258 e. The Bertz CT molecular complexity index is 880. The number of para-hydroxylation sites is 1. The van der Waals surface area contributed by atoms with Crippen LogP contribution in [-0.4, -0.2) is 65.3 Å². The molecule has 4 amide bonds. The van der Waals surface area contributed by atoms with Gasteiger partial charge in [-0.3, -0.25) is 19.2 Å². The Hall–Kier alpha value is -3.10. The third-order valence-corrected chi connectivity index (χ3v) is 6.24. The van der Waals surface area contributed by atoms with Crippen LogP contribution in [0.5, 0.6) is 5.75 Å². The zero-order valence-electron chi connectivity index (χ0n) is 16.8. The van der Waals surface area contributed by atoms with Crippen LogP contribution in [0.1, 0.15) is 42.5 Å². The van der Waals surface area contributed by atoms with Crippen LogP contribution in [-0.2, 0) is 14.4 Å². The van der Waals surface area contributed by atoms with E-state index in [1.54, 1.807) is 29.2 Å². The van der Waals surface area contributed by atoms with Gasteiger partial charge >= 0.3 is 0 Å². The molecule has 4 rings (SSSR count). The highest BCUT2D eigenvalue weighted by Crippen LogP contribution is 2.33. The third kappa shape index (κ3) is 3.96. The number of hydrogen-bond acceptors (Lipinski definition) is 5. The predicted octanol–water partition coefficient (Wildman–Crippen LogP) is 0.242. The molecule has 2 saturated heterocycles. The lowest BCUT2D eigenvalue weighted by atomic mass is 9.96. The number of benzene rings is 1. The number of fused-ring (bicyclic) bond motifs is 1. The Kier molecular flexibility index (Phi) is 5.36. The molecule has 1 atom stereocenters. The molecule has 1 spiro atoms. The normalized spacial score (nSPS) is 24.7. The number of carbonyl (C=O) groups excluding carboxylic acids is 4. The number of likely N-dealkylation sites (tertiary alicyclic amines) is 2. The molecule has 3 aliphatic heterocycles. The Morgan fingerprint density at radius 1 is 1.13 bits per heavy atom. The summed E-state index contributed by atoms with van der Waals surface area (Å²) in [4.78, 5) is 52.4. The number of piperidine rings is 1. The number of nitrogens with zero attached hydrogens (tertiary/aromatic N) is 2. The minimum Gasteiger partial charge on any atom is -0.467 e. The van der Waals surface area contributed by atoms with Crippen LogP contribution in [0.2, 0.25) is 0 Å². The molecule has 3 N–H and O–H groups in total. The second kappa shape index (κ2) is 7.97. The Labute approximate surface area is 174 Å². The van der Waals surface area contributed by atoms with Gasteiger partial charge in [0.1, 0.15) is 5.75 Å². The van der Waals surface area contributed by atoms with Crippen LogP contribution >= 0.6 is 0 Å². The average Bonchev–Trinajstić information content (AvgIpc) is 2.88. The fraction of sp³-hybridized carbons (Fsp3) is 0.524. The van der Waals surface area contributed by atoms with Gasteiger partial charge in [-0.1, -0.05) is 12.1 Å². The van der Waals surface area contributed by atoms with Crippen molar-refractivity contribution in [1.82, 2.24) is 15.1 Å². The lowest BCUT2D eigenvalue weighted by Crippen LogP contribution is -2.56. The van der Waals surface area contributed by atoms with Crippen molar-refractivity contribution < 1.29 is 23.9 Å². The molecule has 2 fully saturated rings. The SMILES string of the molecule is NC(=O)C1CCN(C(=O)CN2CC[C@]3(CCC2=O)NC(=O)c2ccccc2O3)CC1. The zero-order chi connectivity index (χ0) is 21.3. The summed E-state index contributed by atoms with van der Waals surface area (Å²) < 4.78 is 6.11. The maximum absolute atomic E-state index is 12.7. The van der Waals surface area contributed by atoms with Crippen LogP contribution < -0.4 is 15.8 Å². The number of ether oxygens (including phenoxy) is 1. The van der Waals surface area contributed by atoms with Gasteiger partial charge in [-0.05, 0) is 25.0 Å². The highest BCUT2D eigenvalue weighted by Gasteiger charge is 2.43. The summed E-state index contributed by atoms with van der Waals surface area (Å²) in [5, 5.41) is 2.92. The molecule has 0 saturated carbocycles. The lowest BCUT2D eigenvalue weighted by molar-refractivity contribution is -0.141. The number of primary amides is 1. The third-order valence-electron chi connectivity index (χ3n) is 6.24. The van der Waals surface area contributed by atoms with Crippen molar-refractivity contribution in [3.05, 3.63) is 29.8 Å². The van der Waals surface area contributed by atoms with Crippen molar-refractivity contribution in [2.45, 2.75) is 37.8 Å². The Morgan fingerprint density at radius 3 is 2.60 bits per heavy atom. The highest BCUT2D eigenvalue weighted by atomic mass is 16.5. The molecule has 3 aliphatic rings. The summed E-state index contributed by atoms with van der Waals surface area (Å²) in [7, 11) is 0. The van der Waals surface area contributed by atoms with E-state index in [2.05, 4.69) is 5.32 Å². The van der Waals surface area contributed by atoms with Gasteiger partial charge in [0.25, 0.3) is 5.91 Å². The first-order chi connectivity index (χ1) is 14.4. The molecule has 9 nitrogen and oxygen atoms in total. The molecule has 30 heavy (non-hydrogen) atoms. The first-order valence-corrected chi connectivity index (χ1v) is 10.3. The summed E-state index contributed by atoms with van der Waals surface area (Å²) >= 11 is 0. The van der Waals surface area contributed by atoms with Crippen LogP contribution in [0.15, 0.2) is 24.3 Å². The number of amides is 4. The number of nitrogens with two attached hydrogens (primary N) is 1. The van der Waals surface area contributed by atoms with Crippen molar-refractivity contribution in [3.8, 4) is 5.75 Å². The van der Waals surface area contributed by atoms with Crippen LogP contribution in [0.4, 0.5) is 0 Å². The van der Waals surface area contributed by atoms with Gasteiger partial charge in [0.05, 0.1) is 12.1 Å². The van der Waals surface area contributed by atoms with Crippen molar-refractivity contribution in [2.24, 2.45) is 11.7 Å². The van der Waals surface area contributed by atoms with Crippen molar-refractivity contribution in [1.29, 1.82) is 0 Å². The van der Waals surface area contributed by atoms with E-state index in [4.69, 9.17) is 10.5 Å². The van der Waals surface area contributed by atoms with Gasteiger partial charge in [-0.25, -0.2) is 0 Å². The quantitative estimate of drug-likeness (QED) is 0.734. The molecular weight excluding hydrogens is 388 g/mol. The minimum atomic E-state index is -0.946. The summed E-state index contributed by atoms with van der Waals surface area (Å²) in [6, 6.07) is 7.03. The van der Waals surface area contributed by atoms with Crippen LogP contribution in [0.3, 0.4) is 0 Å². The van der Waals surface area contributed by atoms with E-state index in [0.717, 1.165) is 0 Å². The molecule has 160 valence electrons. The summed E-state index contributed by atoms with van der Waals surface area (Å²) in [5.74, 6) is -0.498. The van der Waals surface area contributed by atoms with Gasteiger partial charge in [0.2, 0.25) is 17.7 Å². The van der Waals surface area contributed by atoms with E-state index in [1.807, 2.05) is 0 Å². The average molecular weight is 414 g/mol. The molecule has 0 aromatic heterocycles. The number of hydrogen-bond donors (Lipinski definition) is 2. The van der Waals surface area contributed by atoms with Gasteiger partial charge in [-0.2, -0.15) is 0 Å². The highest BCUT2D eigenvalue weighted by molar-refractivity contribution is 5.98. The Morgan fingerprint density at radius 2 is 1.87 bits per heavy atom. The fourth-order valence-corrected chi connectivity index (χ4v) is 4.36. The van der Waals surface area contributed by atoms with Crippen molar-refractivity contribution >= 4 is 23.6 Å². The van der Waals surface area contributed by atoms with E-state index in [0.29, 0.717) is 56.6 Å². The van der Waals surface area contributed by atoms with Crippen LogP contribution in [0.25, 0.3) is 0 Å². The van der Waals surface area contributed by atoms with Crippen LogP contribution in [0, 0.1) is 5.92 Å². The molecular formula is C21H26N4O5. The molecule has 3 heterocycles. The fourth-order valence-electron chi connectivity index (χ4n) is 4.36. The number of nitrogens with one attached hydrogen (secondary N) is 1. The second-order valence-corrected chi connectivity index (χ2v) is 8.17. The summed E-state index contributed by atoms with van der Waals surface area (Å²) in [5.41, 5.74) is 4.88. The standard InChI is InChI=1S/C21H26N4O5/c22-19(28)14-6-10-24(11-7-14)18(27)13-25-12-9-21(8-5-17(25)26)23-20(29)15-3-1-2-4-16(15)30-21/h1-4,14H,5-13H2,(H2,22,28)(H,23,29)/t21-/m1/s1. The summed E-state index contributed by atoms with van der Waals surface area (Å²) in [6.45, 7) is 1.23. The van der Waals surface area contributed by atoms with Gasteiger partial charge in [0.15, 0.2) is 5.72 Å². The van der Waals surface area contributed by atoms with E-state index < -0.39 is 5.72 Å². The maximum atomic E-state index is 12.7. The number of rotatable bonds is 3. The molecule has 1 aromatic rings. The van der Waals surface area contributed by atoms with E-state index >= 15 is 0 Å². The zero-order valence-corrected chi connectivity index (χ0v) is 16.8. The molecule has 1 aromatic carbocycles. The molecule has 0 radical (unpaired) electrons. The topological polar surface area (TPSA) is 122 Å². The molecule has 0 aliphatic carbocycles. The van der Waals surface area contributed by atoms with Gasteiger partial charge in [-0.15, -0.1) is 0 Å². The molecule has 0 bridgehead atoms. The first kappa shape index (κ1) is 20.2. The Balaban J connectivity index is 1.38. The van der Waals surface area contributed by atoms with E-state index in [9.17, 15) is 19.2 Å². The van der Waals surface area contributed by atoms with E-state index in [-0.39, 0.29) is 42.5 Å². The van der Waals surface area contributed by atoms with Crippen molar-refractivity contribution in [2.75, 3.05) is 26.2 Å². The maximum Gasteiger partial charge on any atom is 0.258 e. The predicted molar refractivity (Wildman–Crippen MR) is 106 cm³/mol. The first-order valence-electron chi connectivity index (χ1n) is 10.3. The largest absolute Gasteiger partial charge is 0.467 e. The van der Waals surface area contributed by atoms with E-state index in [1.165, 1.54) is 4.90 Å². The summed E-state index contributed by atoms with van der Waals surface area (Å²) in [6.07, 6.45) is 2.03. The van der Waals surface area contributed by atoms with Gasteiger partial charge < -0.3 is 25.6 Å². The van der Waals surface area contributed by atoms with Crippen molar-refractivity contribution in [3.63, 3.8) is 0 Å². The second-order valence-electron chi connectivity index (χ2n) is 8.17. The lowest BCUT2D eigenvalue weighted by Gasteiger charge is -2.38. The minimum absolute atomic E-state index is 0.0132. The van der Waals surface area contributed by atoms with Gasteiger partial charge in [0, 0.05) is 44.8 Å². The molecule has 9 heteroatoms. The number of carbonyl (C=O) groups is 4. The monoisotopic (exact) mass is 414 g/mol.